The number of hydrogen-bond donors (Lipinski definition) is 1. The van der Waals surface area contributed by atoms with Crippen LogP contribution in [0.25, 0.3) is 0 Å². The van der Waals surface area contributed by atoms with Crippen molar-refractivity contribution >= 4 is 5.91 Å². The van der Waals surface area contributed by atoms with Crippen molar-refractivity contribution in [2.45, 2.75) is 25.9 Å². The lowest BCUT2D eigenvalue weighted by molar-refractivity contribution is 0.0950. The van der Waals surface area contributed by atoms with Gasteiger partial charge in [0.05, 0.1) is 12.7 Å². The van der Waals surface area contributed by atoms with Gasteiger partial charge in [0.1, 0.15) is 0 Å². The minimum atomic E-state index is -0.133. The molecule has 24 heavy (non-hydrogen) atoms. The topological polar surface area (TPSA) is 54.5 Å². The second kappa shape index (κ2) is 7.93. The summed E-state index contributed by atoms with van der Waals surface area (Å²) in [5.41, 5.74) is 2.95. The van der Waals surface area contributed by atoms with E-state index in [-0.39, 0.29) is 5.91 Å². The van der Waals surface area contributed by atoms with Crippen LogP contribution in [-0.2, 0) is 13.1 Å². The number of pyridine rings is 1. The van der Waals surface area contributed by atoms with Crippen molar-refractivity contribution in [1.29, 1.82) is 0 Å². The highest BCUT2D eigenvalue weighted by Crippen LogP contribution is 2.13. The number of nitrogens with zero attached hydrogens (tertiary/aromatic N) is 2. The van der Waals surface area contributed by atoms with Crippen LogP contribution in [0.4, 0.5) is 0 Å². The Hall–Kier alpha value is -2.40. The van der Waals surface area contributed by atoms with Crippen LogP contribution in [0.1, 0.15) is 34.3 Å². The molecule has 1 aromatic heterocycles. The number of aromatic nitrogens is 1. The largest absolute Gasteiger partial charge is 0.481 e. The number of carbonyl (C=O) groups is 1. The van der Waals surface area contributed by atoms with E-state index < -0.39 is 0 Å². The van der Waals surface area contributed by atoms with Gasteiger partial charge >= 0.3 is 0 Å². The van der Waals surface area contributed by atoms with Gasteiger partial charge in [0.15, 0.2) is 0 Å². The third-order valence-corrected chi connectivity index (χ3v) is 4.29. The predicted molar refractivity (Wildman–Crippen MR) is 92.9 cm³/mol. The molecule has 5 heteroatoms. The Morgan fingerprint density at radius 2 is 1.83 bits per heavy atom. The summed E-state index contributed by atoms with van der Waals surface area (Å²) in [4.78, 5) is 18.6. The molecule has 1 amide bonds. The SMILES string of the molecule is COc1ccc(C(=O)NCc2ccc(CN3CCCC3)cc2)cn1. The molecular weight excluding hydrogens is 302 g/mol. The smallest absolute Gasteiger partial charge is 0.253 e. The van der Waals surface area contributed by atoms with E-state index >= 15 is 0 Å². The molecule has 126 valence electrons. The lowest BCUT2D eigenvalue weighted by Crippen LogP contribution is -2.23. The Balaban J connectivity index is 1.50. The van der Waals surface area contributed by atoms with Crippen LogP contribution in [0.5, 0.6) is 5.88 Å². The first-order chi connectivity index (χ1) is 11.7. The van der Waals surface area contributed by atoms with Gasteiger partial charge in [-0.25, -0.2) is 4.98 Å². The molecule has 1 aliphatic rings. The second-order valence-electron chi connectivity index (χ2n) is 6.07. The highest BCUT2D eigenvalue weighted by Gasteiger charge is 2.11. The van der Waals surface area contributed by atoms with E-state index in [4.69, 9.17) is 4.74 Å². The fourth-order valence-corrected chi connectivity index (χ4v) is 2.88. The number of hydrogen-bond acceptors (Lipinski definition) is 4. The molecule has 1 fully saturated rings. The summed E-state index contributed by atoms with van der Waals surface area (Å²) in [6, 6.07) is 11.8. The van der Waals surface area contributed by atoms with Gasteiger partial charge in [-0.15, -0.1) is 0 Å². The summed E-state index contributed by atoms with van der Waals surface area (Å²) in [5.74, 6) is 0.367. The zero-order chi connectivity index (χ0) is 16.8. The number of carbonyl (C=O) groups excluding carboxylic acids is 1. The van der Waals surface area contributed by atoms with E-state index in [1.54, 1.807) is 19.2 Å². The average molecular weight is 325 g/mol. The molecule has 1 N–H and O–H groups in total. The maximum absolute atomic E-state index is 12.1. The molecule has 0 radical (unpaired) electrons. The van der Waals surface area contributed by atoms with Crippen molar-refractivity contribution in [2.24, 2.45) is 0 Å². The third-order valence-electron chi connectivity index (χ3n) is 4.29. The first-order valence-electron chi connectivity index (χ1n) is 8.33. The van der Waals surface area contributed by atoms with Gasteiger partial charge in [0.25, 0.3) is 5.91 Å². The van der Waals surface area contributed by atoms with Crippen LogP contribution in [0.3, 0.4) is 0 Å². The molecule has 0 unspecified atom stereocenters. The molecule has 2 heterocycles. The standard InChI is InChI=1S/C19H23N3O2/c1-24-18-9-8-17(13-20-18)19(23)21-12-15-4-6-16(7-5-15)14-22-10-2-3-11-22/h4-9,13H,2-3,10-12,14H2,1H3,(H,21,23). The monoisotopic (exact) mass is 325 g/mol. The average Bonchev–Trinajstić information content (AvgIpc) is 3.14. The summed E-state index contributed by atoms with van der Waals surface area (Å²) in [6.45, 7) is 3.93. The first kappa shape index (κ1) is 16.5. The molecule has 0 aliphatic carbocycles. The fourth-order valence-electron chi connectivity index (χ4n) is 2.88. The molecule has 1 saturated heterocycles. The van der Waals surface area contributed by atoms with Gasteiger partial charge in [-0.1, -0.05) is 24.3 Å². The molecule has 0 bridgehead atoms. The number of ether oxygens (including phenoxy) is 1. The zero-order valence-electron chi connectivity index (χ0n) is 14.0. The van der Waals surface area contributed by atoms with Gasteiger partial charge in [-0.2, -0.15) is 0 Å². The lowest BCUT2D eigenvalue weighted by Gasteiger charge is -2.14. The van der Waals surface area contributed by atoms with Gasteiger partial charge < -0.3 is 10.1 Å². The van der Waals surface area contributed by atoms with Crippen LogP contribution < -0.4 is 10.1 Å². The van der Waals surface area contributed by atoms with Crippen molar-refractivity contribution in [3.8, 4) is 5.88 Å². The Labute approximate surface area is 142 Å². The molecule has 1 aromatic carbocycles. The van der Waals surface area contributed by atoms with E-state index in [1.165, 1.54) is 37.7 Å². The second-order valence-corrected chi connectivity index (χ2v) is 6.07. The Bertz CT molecular complexity index is 662. The number of methoxy groups -OCH3 is 1. The van der Waals surface area contributed by atoms with Crippen molar-refractivity contribution in [3.05, 3.63) is 59.3 Å². The summed E-state index contributed by atoms with van der Waals surface area (Å²) >= 11 is 0. The summed E-state index contributed by atoms with van der Waals surface area (Å²) in [5, 5.41) is 2.92. The minimum Gasteiger partial charge on any atom is -0.481 e. The molecule has 3 rings (SSSR count). The number of rotatable bonds is 6. The molecule has 1 aliphatic heterocycles. The molecule has 5 nitrogen and oxygen atoms in total. The summed E-state index contributed by atoms with van der Waals surface area (Å²) in [6.07, 6.45) is 4.14. The van der Waals surface area contributed by atoms with Crippen LogP contribution in [0.15, 0.2) is 42.6 Å². The van der Waals surface area contributed by atoms with E-state index in [2.05, 4.69) is 39.5 Å². The number of amides is 1. The van der Waals surface area contributed by atoms with E-state index in [1.807, 2.05) is 0 Å². The first-order valence-corrected chi connectivity index (χ1v) is 8.33. The summed E-state index contributed by atoms with van der Waals surface area (Å²) in [7, 11) is 1.55. The van der Waals surface area contributed by atoms with Gasteiger partial charge in [0.2, 0.25) is 5.88 Å². The highest BCUT2D eigenvalue weighted by atomic mass is 16.5. The molecule has 0 saturated carbocycles. The van der Waals surface area contributed by atoms with Crippen molar-refractivity contribution in [2.75, 3.05) is 20.2 Å². The number of likely N-dealkylation sites (tertiary alicyclic amines) is 1. The maximum atomic E-state index is 12.1. The van der Waals surface area contributed by atoms with Crippen LogP contribution >= 0.6 is 0 Å². The van der Waals surface area contributed by atoms with Crippen molar-refractivity contribution in [1.82, 2.24) is 15.2 Å². The Kier molecular flexibility index (Phi) is 5.43. The normalized spacial score (nSPS) is 14.5. The van der Waals surface area contributed by atoms with E-state index in [0.717, 1.165) is 12.1 Å². The number of benzene rings is 1. The van der Waals surface area contributed by atoms with Crippen LogP contribution in [0.2, 0.25) is 0 Å². The maximum Gasteiger partial charge on any atom is 0.253 e. The van der Waals surface area contributed by atoms with Gasteiger partial charge in [0, 0.05) is 25.4 Å². The molecular formula is C19H23N3O2. The molecule has 0 atom stereocenters. The lowest BCUT2D eigenvalue weighted by atomic mass is 10.1. The fraction of sp³-hybridized carbons (Fsp3) is 0.368. The van der Waals surface area contributed by atoms with Crippen LogP contribution in [0, 0.1) is 0 Å². The van der Waals surface area contributed by atoms with Gasteiger partial charge in [-0.3, -0.25) is 9.69 Å². The Morgan fingerprint density at radius 1 is 1.12 bits per heavy atom. The van der Waals surface area contributed by atoms with Crippen LogP contribution in [-0.4, -0.2) is 36.0 Å². The summed E-state index contributed by atoms with van der Waals surface area (Å²) < 4.78 is 4.99. The molecule has 2 aromatic rings. The predicted octanol–water partition coefficient (Wildman–Crippen LogP) is 2.62. The zero-order valence-corrected chi connectivity index (χ0v) is 14.0. The minimum absolute atomic E-state index is 0.133. The number of nitrogens with one attached hydrogen (secondary N) is 1. The van der Waals surface area contributed by atoms with Crippen molar-refractivity contribution < 1.29 is 9.53 Å². The molecule has 0 spiro atoms. The Morgan fingerprint density at radius 3 is 2.46 bits per heavy atom. The van der Waals surface area contributed by atoms with Gasteiger partial charge in [-0.05, 0) is 43.1 Å². The quantitative estimate of drug-likeness (QED) is 0.887. The highest BCUT2D eigenvalue weighted by molar-refractivity contribution is 5.93. The van der Waals surface area contributed by atoms with E-state index in [9.17, 15) is 4.79 Å². The van der Waals surface area contributed by atoms with E-state index in [0.29, 0.717) is 18.0 Å². The third kappa shape index (κ3) is 4.32. The van der Waals surface area contributed by atoms with Crippen molar-refractivity contribution in [3.63, 3.8) is 0 Å².